The van der Waals surface area contributed by atoms with E-state index >= 15 is 0 Å². The van der Waals surface area contributed by atoms with Crippen molar-refractivity contribution in [2.24, 2.45) is 5.92 Å². The largest absolute Gasteiger partial charge is 0.316 e. The minimum absolute atomic E-state index is 0.553. The average Bonchev–Trinajstić information content (AvgIpc) is 2.33. The van der Waals surface area contributed by atoms with E-state index in [0.717, 1.165) is 24.5 Å². The van der Waals surface area contributed by atoms with Crippen LogP contribution in [0.5, 0.6) is 0 Å². The summed E-state index contributed by atoms with van der Waals surface area (Å²) in [5.41, 5.74) is 1.22. The Kier molecular flexibility index (Phi) is 4.12. The molecular weight excluding hydrogens is 241 g/mol. The summed E-state index contributed by atoms with van der Waals surface area (Å²) in [5.74, 6) is 1.22. The van der Waals surface area contributed by atoms with Gasteiger partial charge in [0.15, 0.2) is 0 Å². The fourth-order valence-electron chi connectivity index (χ4n) is 2.57. The summed E-state index contributed by atoms with van der Waals surface area (Å²) in [7, 11) is 0. The minimum atomic E-state index is 0.553. The van der Waals surface area contributed by atoms with E-state index in [9.17, 15) is 0 Å². The predicted octanol–water partition coefficient (Wildman–Crippen LogP) is 4.10. The van der Waals surface area contributed by atoms with Crippen molar-refractivity contribution >= 4 is 23.2 Å². The Morgan fingerprint density at radius 1 is 1.38 bits per heavy atom. The maximum atomic E-state index is 6.30. The van der Waals surface area contributed by atoms with Crippen molar-refractivity contribution in [2.45, 2.75) is 25.7 Å². The van der Waals surface area contributed by atoms with Gasteiger partial charge in [-0.25, -0.2) is 0 Å². The summed E-state index contributed by atoms with van der Waals surface area (Å²) in [4.78, 5) is 0. The Hall–Kier alpha value is -0.240. The van der Waals surface area contributed by atoms with E-state index in [2.05, 4.69) is 18.3 Å². The standard InChI is InChI=1S/C13H17Cl2N/c1-2-9-8-16-7-6-10(9)11-4-3-5-12(14)13(11)15/h3-5,9-10,16H,2,6-8H2,1H3. The van der Waals surface area contributed by atoms with Gasteiger partial charge in [-0.05, 0) is 43.0 Å². The molecule has 0 bridgehead atoms. The highest BCUT2D eigenvalue weighted by Crippen LogP contribution is 2.38. The number of hydrogen-bond donors (Lipinski definition) is 1. The number of hydrogen-bond acceptors (Lipinski definition) is 1. The molecule has 1 aromatic carbocycles. The lowest BCUT2D eigenvalue weighted by Gasteiger charge is -2.32. The minimum Gasteiger partial charge on any atom is -0.316 e. The first-order valence-corrected chi connectivity index (χ1v) is 6.64. The SMILES string of the molecule is CCC1CNCCC1c1cccc(Cl)c1Cl. The predicted molar refractivity (Wildman–Crippen MR) is 70.5 cm³/mol. The average molecular weight is 258 g/mol. The van der Waals surface area contributed by atoms with E-state index in [1.165, 1.54) is 12.0 Å². The Balaban J connectivity index is 2.30. The highest BCUT2D eigenvalue weighted by atomic mass is 35.5. The van der Waals surface area contributed by atoms with Gasteiger partial charge in [0.1, 0.15) is 0 Å². The first-order chi connectivity index (χ1) is 7.74. The normalized spacial score (nSPS) is 25.7. The lowest BCUT2D eigenvalue weighted by molar-refractivity contribution is 0.318. The Labute approximate surface area is 107 Å². The molecule has 1 fully saturated rings. The molecule has 3 heteroatoms. The summed E-state index contributed by atoms with van der Waals surface area (Å²) < 4.78 is 0. The number of benzene rings is 1. The van der Waals surface area contributed by atoms with Gasteiger partial charge in [-0.3, -0.25) is 0 Å². The zero-order valence-corrected chi connectivity index (χ0v) is 11.0. The lowest BCUT2D eigenvalue weighted by atomic mass is 9.80. The zero-order valence-electron chi connectivity index (χ0n) is 9.47. The van der Waals surface area contributed by atoms with Gasteiger partial charge in [-0.15, -0.1) is 0 Å². The first kappa shape index (κ1) is 12.2. The third-order valence-electron chi connectivity index (χ3n) is 3.51. The van der Waals surface area contributed by atoms with E-state index in [1.807, 2.05) is 12.1 Å². The van der Waals surface area contributed by atoms with Crippen LogP contribution in [0.4, 0.5) is 0 Å². The van der Waals surface area contributed by atoms with Crippen LogP contribution in [0.3, 0.4) is 0 Å². The molecule has 1 saturated heterocycles. The molecule has 1 nitrogen and oxygen atoms in total. The quantitative estimate of drug-likeness (QED) is 0.842. The van der Waals surface area contributed by atoms with E-state index in [-0.39, 0.29) is 0 Å². The number of piperidine rings is 1. The Morgan fingerprint density at radius 3 is 2.94 bits per heavy atom. The number of rotatable bonds is 2. The maximum absolute atomic E-state index is 6.30. The molecule has 0 aromatic heterocycles. The molecule has 88 valence electrons. The van der Waals surface area contributed by atoms with Gasteiger partial charge in [0, 0.05) is 0 Å². The summed E-state index contributed by atoms with van der Waals surface area (Å²) in [5, 5.41) is 4.86. The second-order valence-electron chi connectivity index (χ2n) is 4.41. The maximum Gasteiger partial charge on any atom is 0.0627 e. The molecule has 0 aliphatic carbocycles. The van der Waals surface area contributed by atoms with E-state index in [0.29, 0.717) is 16.9 Å². The number of nitrogens with one attached hydrogen (secondary N) is 1. The van der Waals surface area contributed by atoms with Crippen molar-refractivity contribution in [3.63, 3.8) is 0 Å². The first-order valence-electron chi connectivity index (χ1n) is 5.88. The lowest BCUT2D eigenvalue weighted by Crippen LogP contribution is -2.35. The molecule has 0 saturated carbocycles. The summed E-state index contributed by atoms with van der Waals surface area (Å²) >= 11 is 12.4. The molecule has 1 aliphatic heterocycles. The van der Waals surface area contributed by atoms with Crippen LogP contribution in [0.25, 0.3) is 0 Å². The molecule has 0 amide bonds. The Bertz CT molecular complexity index is 365. The van der Waals surface area contributed by atoms with Gasteiger partial charge in [0.25, 0.3) is 0 Å². The van der Waals surface area contributed by atoms with Gasteiger partial charge in [-0.2, -0.15) is 0 Å². The topological polar surface area (TPSA) is 12.0 Å². The van der Waals surface area contributed by atoms with E-state index in [4.69, 9.17) is 23.2 Å². The van der Waals surface area contributed by atoms with E-state index in [1.54, 1.807) is 0 Å². The molecule has 0 spiro atoms. The Morgan fingerprint density at radius 2 is 2.19 bits per heavy atom. The number of halogens is 2. The van der Waals surface area contributed by atoms with E-state index < -0.39 is 0 Å². The van der Waals surface area contributed by atoms with Crippen molar-refractivity contribution in [3.05, 3.63) is 33.8 Å². The van der Waals surface area contributed by atoms with Crippen LogP contribution in [0.15, 0.2) is 18.2 Å². The molecular formula is C13H17Cl2N. The second kappa shape index (κ2) is 5.39. The van der Waals surface area contributed by atoms with Crippen LogP contribution in [0.2, 0.25) is 10.0 Å². The molecule has 1 aliphatic rings. The van der Waals surface area contributed by atoms with Crippen molar-refractivity contribution in [1.82, 2.24) is 5.32 Å². The smallest absolute Gasteiger partial charge is 0.0627 e. The molecule has 2 unspecified atom stereocenters. The summed E-state index contributed by atoms with van der Waals surface area (Å²) in [6, 6.07) is 5.97. The zero-order chi connectivity index (χ0) is 11.5. The van der Waals surface area contributed by atoms with Gasteiger partial charge in [0.2, 0.25) is 0 Å². The van der Waals surface area contributed by atoms with Crippen molar-refractivity contribution in [1.29, 1.82) is 0 Å². The molecule has 1 heterocycles. The molecule has 1 N–H and O–H groups in total. The highest BCUT2D eigenvalue weighted by molar-refractivity contribution is 6.42. The van der Waals surface area contributed by atoms with Crippen LogP contribution in [0.1, 0.15) is 31.2 Å². The third kappa shape index (κ3) is 2.37. The van der Waals surface area contributed by atoms with Gasteiger partial charge in [0.05, 0.1) is 10.0 Å². The monoisotopic (exact) mass is 257 g/mol. The molecule has 2 rings (SSSR count). The summed E-state index contributed by atoms with van der Waals surface area (Å²) in [6.45, 7) is 4.40. The van der Waals surface area contributed by atoms with Crippen molar-refractivity contribution in [3.8, 4) is 0 Å². The van der Waals surface area contributed by atoms with Crippen LogP contribution in [-0.2, 0) is 0 Å². The van der Waals surface area contributed by atoms with Gasteiger partial charge >= 0.3 is 0 Å². The van der Waals surface area contributed by atoms with Crippen molar-refractivity contribution < 1.29 is 0 Å². The summed E-state index contributed by atoms with van der Waals surface area (Å²) in [6.07, 6.45) is 2.33. The third-order valence-corrected chi connectivity index (χ3v) is 4.35. The molecule has 0 radical (unpaired) electrons. The van der Waals surface area contributed by atoms with Crippen LogP contribution in [0, 0.1) is 5.92 Å². The van der Waals surface area contributed by atoms with Gasteiger partial charge < -0.3 is 5.32 Å². The second-order valence-corrected chi connectivity index (χ2v) is 5.20. The van der Waals surface area contributed by atoms with Crippen molar-refractivity contribution in [2.75, 3.05) is 13.1 Å². The fourth-order valence-corrected chi connectivity index (χ4v) is 3.02. The molecule has 2 atom stereocenters. The highest BCUT2D eigenvalue weighted by Gasteiger charge is 2.26. The molecule has 16 heavy (non-hydrogen) atoms. The molecule has 1 aromatic rings. The fraction of sp³-hybridized carbons (Fsp3) is 0.538. The van der Waals surface area contributed by atoms with Crippen LogP contribution >= 0.6 is 23.2 Å². The van der Waals surface area contributed by atoms with Crippen LogP contribution < -0.4 is 5.32 Å². The van der Waals surface area contributed by atoms with Crippen LogP contribution in [-0.4, -0.2) is 13.1 Å². The van der Waals surface area contributed by atoms with Gasteiger partial charge in [-0.1, -0.05) is 48.7 Å².